The van der Waals surface area contributed by atoms with Gasteiger partial charge in [-0.15, -0.1) is 0 Å². The molecule has 1 N–H and O–H groups in total. The molecule has 0 aromatic heterocycles. The molecule has 0 spiro atoms. The molecule has 3 rings (SSSR count). The molecule has 3 heteroatoms. The van der Waals surface area contributed by atoms with Crippen LogP contribution in [0.3, 0.4) is 0 Å². The Hall–Kier alpha value is -3.07. The maximum atomic E-state index is 12.7. The second-order valence-corrected chi connectivity index (χ2v) is 6.85. The number of hydrogen-bond acceptors (Lipinski definition) is 2. The third-order valence-electron chi connectivity index (χ3n) is 4.85. The first-order valence-corrected chi connectivity index (χ1v) is 9.79. The highest BCUT2D eigenvalue weighted by molar-refractivity contribution is 5.95. The zero-order valence-corrected chi connectivity index (χ0v) is 16.4. The van der Waals surface area contributed by atoms with Crippen LogP contribution in [0, 0.1) is 0 Å². The summed E-state index contributed by atoms with van der Waals surface area (Å²) in [5.41, 5.74) is 4.38. The highest BCUT2D eigenvalue weighted by atomic mass is 16.5. The molecule has 3 aromatic rings. The predicted molar refractivity (Wildman–Crippen MR) is 114 cm³/mol. The van der Waals surface area contributed by atoms with Crippen LogP contribution in [0.5, 0.6) is 5.75 Å². The van der Waals surface area contributed by atoms with Gasteiger partial charge in [0.25, 0.3) is 5.91 Å². The van der Waals surface area contributed by atoms with Crippen molar-refractivity contribution in [3.63, 3.8) is 0 Å². The van der Waals surface area contributed by atoms with Crippen molar-refractivity contribution in [1.29, 1.82) is 0 Å². The van der Waals surface area contributed by atoms with E-state index in [1.807, 2.05) is 48.5 Å². The summed E-state index contributed by atoms with van der Waals surface area (Å²) in [5, 5.41) is 3.07. The first kappa shape index (κ1) is 19.7. The van der Waals surface area contributed by atoms with Gasteiger partial charge in [-0.2, -0.15) is 0 Å². The molecular weight excluding hydrogens is 346 g/mol. The van der Waals surface area contributed by atoms with E-state index in [9.17, 15) is 4.79 Å². The second kappa shape index (κ2) is 10.3. The fraction of sp³-hybridized carbons (Fsp3) is 0.240. The Bertz CT molecular complexity index is 890. The largest absolute Gasteiger partial charge is 0.497 e. The summed E-state index contributed by atoms with van der Waals surface area (Å²) in [6, 6.07) is 26.3. The van der Waals surface area contributed by atoms with Crippen LogP contribution in [0.1, 0.15) is 33.5 Å². The molecule has 28 heavy (non-hydrogen) atoms. The van der Waals surface area contributed by atoms with E-state index in [-0.39, 0.29) is 5.91 Å². The van der Waals surface area contributed by atoms with Gasteiger partial charge in [-0.05, 0) is 60.6 Å². The number of carbonyl (C=O) groups is 1. The zero-order chi connectivity index (χ0) is 19.6. The SMILES string of the molecule is COc1cccc(CCCNC(=O)c2ccccc2CCc2ccccc2)c1. The van der Waals surface area contributed by atoms with Crippen LogP contribution in [0.15, 0.2) is 78.9 Å². The van der Waals surface area contributed by atoms with Gasteiger partial charge in [-0.25, -0.2) is 0 Å². The smallest absolute Gasteiger partial charge is 0.251 e. The lowest BCUT2D eigenvalue weighted by Gasteiger charge is -2.11. The van der Waals surface area contributed by atoms with E-state index in [4.69, 9.17) is 4.74 Å². The molecule has 0 aliphatic carbocycles. The first-order valence-electron chi connectivity index (χ1n) is 9.79. The van der Waals surface area contributed by atoms with E-state index in [2.05, 4.69) is 35.6 Å². The molecule has 3 aromatic carbocycles. The third kappa shape index (κ3) is 5.71. The summed E-state index contributed by atoms with van der Waals surface area (Å²) in [5.74, 6) is 0.878. The van der Waals surface area contributed by atoms with Gasteiger partial charge in [0.05, 0.1) is 7.11 Å². The molecule has 0 aliphatic heterocycles. The van der Waals surface area contributed by atoms with Crippen LogP contribution in [0.4, 0.5) is 0 Å². The Labute approximate surface area is 167 Å². The Morgan fingerprint density at radius 2 is 1.57 bits per heavy atom. The summed E-state index contributed by atoms with van der Waals surface area (Å²) in [7, 11) is 1.68. The van der Waals surface area contributed by atoms with Gasteiger partial charge in [0.1, 0.15) is 5.75 Å². The number of benzene rings is 3. The van der Waals surface area contributed by atoms with Gasteiger partial charge in [0.15, 0.2) is 0 Å². The highest BCUT2D eigenvalue weighted by Gasteiger charge is 2.10. The van der Waals surface area contributed by atoms with Crippen molar-refractivity contribution in [2.75, 3.05) is 13.7 Å². The number of hydrogen-bond donors (Lipinski definition) is 1. The summed E-state index contributed by atoms with van der Waals surface area (Å²) >= 11 is 0. The monoisotopic (exact) mass is 373 g/mol. The number of methoxy groups -OCH3 is 1. The number of rotatable bonds is 9. The number of amides is 1. The number of aryl methyl sites for hydroxylation is 3. The second-order valence-electron chi connectivity index (χ2n) is 6.85. The maximum Gasteiger partial charge on any atom is 0.251 e. The van der Waals surface area contributed by atoms with Gasteiger partial charge in [0, 0.05) is 12.1 Å². The lowest BCUT2D eigenvalue weighted by molar-refractivity contribution is 0.0952. The Balaban J connectivity index is 1.51. The van der Waals surface area contributed by atoms with Crippen molar-refractivity contribution in [2.24, 2.45) is 0 Å². The molecule has 1 amide bonds. The van der Waals surface area contributed by atoms with Crippen molar-refractivity contribution in [2.45, 2.75) is 25.7 Å². The van der Waals surface area contributed by atoms with Crippen LogP contribution in [0.2, 0.25) is 0 Å². The fourth-order valence-electron chi connectivity index (χ4n) is 3.30. The lowest BCUT2D eigenvalue weighted by atomic mass is 9.99. The molecule has 0 unspecified atom stereocenters. The molecule has 0 aliphatic rings. The van der Waals surface area contributed by atoms with Crippen LogP contribution >= 0.6 is 0 Å². The van der Waals surface area contributed by atoms with Gasteiger partial charge >= 0.3 is 0 Å². The van der Waals surface area contributed by atoms with E-state index < -0.39 is 0 Å². The lowest BCUT2D eigenvalue weighted by Crippen LogP contribution is -2.26. The van der Waals surface area contributed by atoms with Gasteiger partial charge in [-0.3, -0.25) is 4.79 Å². The average molecular weight is 373 g/mol. The summed E-state index contributed by atoms with van der Waals surface area (Å²) in [4.78, 5) is 12.7. The quantitative estimate of drug-likeness (QED) is 0.545. The first-order chi connectivity index (χ1) is 13.8. The van der Waals surface area contributed by atoms with Crippen molar-refractivity contribution >= 4 is 5.91 Å². The third-order valence-corrected chi connectivity index (χ3v) is 4.85. The number of nitrogens with one attached hydrogen (secondary N) is 1. The van der Waals surface area contributed by atoms with Crippen LogP contribution in [0.25, 0.3) is 0 Å². The normalized spacial score (nSPS) is 10.5. The van der Waals surface area contributed by atoms with Gasteiger partial charge in [0.2, 0.25) is 0 Å². The fourth-order valence-corrected chi connectivity index (χ4v) is 3.30. The Morgan fingerprint density at radius 1 is 0.821 bits per heavy atom. The zero-order valence-electron chi connectivity index (χ0n) is 16.4. The van der Waals surface area contributed by atoms with E-state index in [0.717, 1.165) is 42.6 Å². The van der Waals surface area contributed by atoms with E-state index in [1.54, 1.807) is 7.11 Å². The number of ether oxygens (including phenoxy) is 1. The van der Waals surface area contributed by atoms with Crippen LogP contribution < -0.4 is 10.1 Å². The molecule has 0 atom stereocenters. The van der Waals surface area contributed by atoms with E-state index in [0.29, 0.717) is 6.54 Å². The van der Waals surface area contributed by atoms with Gasteiger partial charge in [-0.1, -0.05) is 60.7 Å². The average Bonchev–Trinajstić information content (AvgIpc) is 2.76. The summed E-state index contributed by atoms with van der Waals surface area (Å²) < 4.78 is 5.26. The van der Waals surface area contributed by atoms with Crippen molar-refractivity contribution in [1.82, 2.24) is 5.32 Å². The molecule has 3 nitrogen and oxygen atoms in total. The molecule has 0 saturated carbocycles. The highest BCUT2D eigenvalue weighted by Crippen LogP contribution is 2.15. The minimum Gasteiger partial charge on any atom is -0.497 e. The van der Waals surface area contributed by atoms with E-state index >= 15 is 0 Å². The van der Waals surface area contributed by atoms with Gasteiger partial charge < -0.3 is 10.1 Å². The minimum absolute atomic E-state index is 0.00861. The predicted octanol–water partition coefficient (Wildman–Crippen LogP) is 4.84. The topological polar surface area (TPSA) is 38.3 Å². The summed E-state index contributed by atoms with van der Waals surface area (Å²) in [6.07, 6.45) is 3.59. The molecule has 0 saturated heterocycles. The molecule has 144 valence electrons. The van der Waals surface area contributed by atoms with Crippen LogP contribution in [-0.4, -0.2) is 19.6 Å². The standard InChI is InChI=1S/C25H27NO2/c1-28-23-14-7-11-21(19-23)12-8-18-26-25(27)24-15-6-5-13-22(24)17-16-20-9-3-2-4-10-20/h2-7,9-11,13-15,19H,8,12,16-18H2,1H3,(H,26,27). The van der Waals surface area contributed by atoms with Crippen molar-refractivity contribution < 1.29 is 9.53 Å². The van der Waals surface area contributed by atoms with Crippen molar-refractivity contribution in [3.8, 4) is 5.75 Å². The molecule has 0 radical (unpaired) electrons. The summed E-state index contributed by atoms with van der Waals surface area (Å²) in [6.45, 7) is 0.656. The maximum absolute atomic E-state index is 12.7. The molecular formula is C25H27NO2. The van der Waals surface area contributed by atoms with Crippen LogP contribution in [-0.2, 0) is 19.3 Å². The molecule has 0 heterocycles. The molecule has 0 bridgehead atoms. The Morgan fingerprint density at radius 3 is 2.39 bits per heavy atom. The van der Waals surface area contributed by atoms with Crippen molar-refractivity contribution in [3.05, 3.63) is 101 Å². The van der Waals surface area contributed by atoms with E-state index in [1.165, 1.54) is 11.1 Å². The Kier molecular flexibility index (Phi) is 7.25. The minimum atomic E-state index is 0.00861. The molecule has 0 fully saturated rings. The number of carbonyl (C=O) groups excluding carboxylic acids is 1.